The van der Waals surface area contributed by atoms with Crippen molar-refractivity contribution in [3.05, 3.63) is 27.7 Å². The van der Waals surface area contributed by atoms with Crippen LogP contribution in [0, 0.1) is 0 Å². The van der Waals surface area contributed by atoms with E-state index in [9.17, 15) is 8.42 Å². The largest absolute Gasteiger partial charge is 0.326 e. The fourth-order valence-electron chi connectivity index (χ4n) is 1.75. The summed E-state index contributed by atoms with van der Waals surface area (Å²) in [4.78, 5) is 0.0157. The molecule has 0 aliphatic rings. The van der Waals surface area contributed by atoms with Gasteiger partial charge < -0.3 is 5.73 Å². The molecule has 1 aromatic rings. The Morgan fingerprint density at radius 3 is 2.47 bits per heavy atom. The molecule has 0 saturated heterocycles. The Labute approximate surface area is 124 Å². The van der Waals surface area contributed by atoms with E-state index in [1.165, 1.54) is 12.1 Å². The van der Waals surface area contributed by atoms with Gasteiger partial charge in [0.25, 0.3) is 0 Å². The second kappa shape index (κ2) is 6.90. The molecule has 0 spiro atoms. The van der Waals surface area contributed by atoms with Crippen molar-refractivity contribution in [3.63, 3.8) is 0 Å². The third-order valence-electron chi connectivity index (χ3n) is 2.69. The third kappa shape index (κ3) is 4.33. The summed E-state index contributed by atoms with van der Waals surface area (Å²) < 4.78 is 27.1. The molecule has 0 fully saturated rings. The SMILES string of the molecule is CCCC(C)NS(=O)(=O)c1cc(CN)c(Cl)cc1Cl. The Balaban J connectivity index is 3.14. The molecule has 3 N–H and O–H groups in total. The lowest BCUT2D eigenvalue weighted by atomic mass is 10.2. The summed E-state index contributed by atoms with van der Waals surface area (Å²) in [6, 6.07) is 2.68. The summed E-state index contributed by atoms with van der Waals surface area (Å²) in [5, 5.41) is 0.464. The van der Waals surface area contributed by atoms with Crippen LogP contribution in [0.2, 0.25) is 10.0 Å². The van der Waals surface area contributed by atoms with Crippen molar-refractivity contribution in [2.75, 3.05) is 0 Å². The van der Waals surface area contributed by atoms with E-state index >= 15 is 0 Å². The lowest BCUT2D eigenvalue weighted by Crippen LogP contribution is -2.32. The summed E-state index contributed by atoms with van der Waals surface area (Å²) in [5.74, 6) is 0. The predicted molar refractivity (Wildman–Crippen MR) is 79.0 cm³/mol. The summed E-state index contributed by atoms with van der Waals surface area (Å²) in [6.07, 6.45) is 1.65. The molecule has 4 nitrogen and oxygen atoms in total. The fourth-order valence-corrected chi connectivity index (χ4v) is 3.91. The highest BCUT2D eigenvalue weighted by Gasteiger charge is 2.21. The maximum atomic E-state index is 12.2. The van der Waals surface area contributed by atoms with Crippen LogP contribution in [0.4, 0.5) is 0 Å². The number of sulfonamides is 1. The first-order valence-electron chi connectivity index (χ1n) is 6.02. The molecule has 0 bridgehead atoms. The second-order valence-electron chi connectivity index (χ2n) is 4.39. The highest BCUT2D eigenvalue weighted by Crippen LogP contribution is 2.28. The number of hydrogen-bond donors (Lipinski definition) is 2. The van der Waals surface area contributed by atoms with Crippen LogP contribution in [0.1, 0.15) is 32.3 Å². The molecular weight excluding hydrogens is 307 g/mol. The Morgan fingerprint density at radius 2 is 1.95 bits per heavy atom. The lowest BCUT2D eigenvalue weighted by molar-refractivity contribution is 0.544. The first-order chi connectivity index (χ1) is 8.81. The molecule has 7 heteroatoms. The summed E-state index contributed by atoms with van der Waals surface area (Å²) >= 11 is 11.9. The molecule has 0 aliphatic heterocycles. The minimum atomic E-state index is -3.66. The smallest absolute Gasteiger partial charge is 0.242 e. The zero-order chi connectivity index (χ0) is 14.6. The molecule has 1 unspecified atom stereocenters. The number of nitrogens with one attached hydrogen (secondary N) is 1. The number of benzene rings is 1. The Bertz CT molecular complexity index is 547. The molecule has 0 heterocycles. The summed E-state index contributed by atoms with van der Waals surface area (Å²) in [6.45, 7) is 3.96. The highest BCUT2D eigenvalue weighted by atomic mass is 35.5. The average Bonchev–Trinajstić information content (AvgIpc) is 2.28. The van der Waals surface area contributed by atoms with Gasteiger partial charge in [-0.25, -0.2) is 13.1 Å². The molecule has 0 amide bonds. The van der Waals surface area contributed by atoms with Crippen molar-refractivity contribution < 1.29 is 8.42 Å². The molecule has 1 atom stereocenters. The lowest BCUT2D eigenvalue weighted by Gasteiger charge is -2.15. The van der Waals surface area contributed by atoms with E-state index in [0.29, 0.717) is 10.6 Å². The van der Waals surface area contributed by atoms with Crippen LogP contribution in [-0.2, 0) is 16.6 Å². The van der Waals surface area contributed by atoms with Gasteiger partial charge in [0.15, 0.2) is 0 Å². The fraction of sp³-hybridized carbons (Fsp3) is 0.500. The van der Waals surface area contributed by atoms with E-state index < -0.39 is 10.0 Å². The Hall–Kier alpha value is -0.330. The quantitative estimate of drug-likeness (QED) is 0.845. The number of rotatable bonds is 6. The van der Waals surface area contributed by atoms with Crippen LogP contribution in [0.5, 0.6) is 0 Å². The van der Waals surface area contributed by atoms with Gasteiger partial charge in [0, 0.05) is 17.6 Å². The highest BCUT2D eigenvalue weighted by molar-refractivity contribution is 7.89. The first kappa shape index (κ1) is 16.7. The minimum Gasteiger partial charge on any atom is -0.326 e. The molecule has 108 valence electrons. The maximum absolute atomic E-state index is 12.2. The van der Waals surface area contributed by atoms with Gasteiger partial charge in [-0.05, 0) is 31.0 Å². The van der Waals surface area contributed by atoms with Crippen molar-refractivity contribution >= 4 is 33.2 Å². The van der Waals surface area contributed by atoms with E-state index in [-0.39, 0.29) is 22.5 Å². The minimum absolute atomic E-state index is 0.0157. The second-order valence-corrected chi connectivity index (χ2v) is 6.89. The average molecular weight is 325 g/mol. The number of halogens is 2. The van der Waals surface area contributed by atoms with Crippen molar-refractivity contribution in [1.82, 2.24) is 4.72 Å². The maximum Gasteiger partial charge on any atom is 0.242 e. The van der Waals surface area contributed by atoms with Gasteiger partial charge in [0.1, 0.15) is 4.90 Å². The van der Waals surface area contributed by atoms with E-state index in [2.05, 4.69) is 4.72 Å². The van der Waals surface area contributed by atoms with Gasteiger partial charge in [-0.15, -0.1) is 0 Å². The van der Waals surface area contributed by atoms with Crippen molar-refractivity contribution in [1.29, 1.82) is 0 Å². The van der Waals surface area contributed by atoms with Crippen LogP contribution < -0.4 is 10.5 Å². The Morgan fingerprint density at radius 1 is 1.32 bits per heavy atom. The normalized spacial score (nSPS) is 13.5. The zero-order valence-corrected chi connectivity index (χ0v) is 13.2. The van der Waals surface area contributed by atoms with Crippen LogP contribution in [0.3, 0.4) is 0 Å². The van der Waals surface area contributed by atoms with Crippen molar-refractivity contribution in [2.45, 2.75) is 44.2 Å². The number of nitrogens with two attached hydrogens (primary N) is 1. The third-order valence-corrected chi connectivity index (χ3v) is 5.09. The number of hydrogen-bond acceptors (Lipinski definition) is 3. The van der Waals surface area contributed by atoms with E-state index in [4.69, 9.17) is 28.9 Å². The van der Waals surface area contributed by atoms with Gasteiger partial charge >= 0.3 is 0 Å². The van der Waals surface area contributed by atoms with Gasteiger partial charge in [-0.1, -0.05) is 36.5 Å². The summed E-state index contributed by atoms with van der Waals surface area (Å²) in [7, 11) is -3.66. The molecule has 0 saturated carbocycles. The molecule has 0 aliphatic carbocycles. The van der Waals surface area contributed by atoms with Crippen molar-refractivity contribution in [2.24, 2.45) is 5.73 Å². The molecule has 0 aromatic heterocycles. The summed E-state index contributed by atoms with van der Waals surface area (Å²) in [5.41, 5.74) is 6.07. The van der Waals surface area contributed by atoms with Gasteiger partial charge in [-0.2, -0.15) is 0 Å². The van der Waals surface area contributed by atoms with Crippen LogP contribution in [-0.4, -0.2) is 14.5 Å². The van der Waals surface area contributed by atoms with E-state index in [1.807, 2.05) is 13.8 Å². The molecule has 19 heavy (non-hydrogen) atoms. The first-order valence-corrected chi connectivity index (χ1v) is 8.26. The topological polar surface area (TPSA) is 72.2 Å². The van der Waals surface area contributed by atoms with E-state index in [0.717, 1.165) is 12.8 Å². The van der Waals surface area contributed by atoms with Crippen molar-refractivity contribution in [3.8, 4) is 0 Å². The monoisotopic (exact) mass is 324 g/mol. The van der Waals surface area contributed by atoms with Gasteiger partial charge in [-0.3, -0.25) is 0 Å². The van der Waals surface area contributed by atoms with Gasteiger partial charge in [0.2, 0.25) is 10.0 Å². The Kier molecular flexibility index (Phi) is 6.08. The van der Waals surface area contributed by atoms with Crippen LogP contribution in [0.15, 0.2) is 17.0 Å². The predicted octanol–water partition coefficient (Wildman–Crippen LogP) is 2.92. The van der Waals surface area contributed by atoms with E-state index in [1.54, 1.807) is 0 Å². The van der Waals surface area contributed by atoms with Gasteiger partial charge in [0.05, 0.1) is 5.02 Å². The molecular formula is C12H18Cl2N2O2S. The zero-order valence-electron chi connectivity index (χ0n) is 10.9. The van der Waals surface area contributed by atoms with Crippen LogP contribution in [0.25, 0.3) is 0 Å². The standard InChI is InChI=1S/C12H18Cl2N2O2S/c1-3-4-8(2)16-19(17,18)12-5-9(7-15)10(13)6-11(12)14/h5-6,8,16H,3-4,7,15H2,1-2H3. The van der Waals surface area contributed by atoms with Crippen LogP contribution >= 0.6 is 23.2 Å². The molecule has 1 aromatic carbocycles. The molecule has 0 radical (unpaired) electrons. The molecule has 1 rings (SSSR count).